The van der Waals surface area contributed by atoms with Crippen LogP contribution in [0.2, 0.25) is 0 Å². The zero-order chi connectivity index (χ0) is 15.0. The van der Waals surface area contributed by atoms with Crippen molar-refractivity contribution in [1.29, 1.82) is 0 Å². The van der Waals surface area contributed by atoms with Gasteiger partial charge in [-0.3, -0.25) is 9.59 Å². The van der Waals surface area contributed by atoms with E-state index in [0.717, 1.165) is 6.26 Å². The summed E-state index contributed by atoms with van der Waals surface area (Å²) in [5, 5.41) is 11.6. The Morgan fingerprint density at radius 3 is 2.20 bits per heavy atom. The minimum Gasteiger partial charge on any atom is -0.481 e. The lowest BCUT2D eigenvalue weighted by molar-refractivity contribution is -0.143. The van der Waals surface area contributed by atoms with Crippen LogP contribution >= 0.6 is 0 Å². The summed E-state index contributed by atoms with van der Waals surface area (Å²) in [6, 6.07) is 5.53. The number of carboxylic acids is 1. The molecule has 1 aliphatic carbocycles. The molecular weight excluding hydrogens is 282 g/mol. The molecule has 1 aromatic carbocycles. The molecule has 20 heavy (non-hydrogen) atoms. The van der Waals surface area contributed by atoms with Crippen molar-refractivity contribution in [2.75, 3.05) is 12.8 Å². The van der Waals surface area contributed by atoms with Crippen LogP contribution in [0.1, 0.15) is 23.2 Å². The van der Waals surface area contributed by atoms with E-state index in [2.05, 4.69) is 5.32 Å². The van der Waals surface area contributed by atoms with Gasteiger partial charge in [-0.1, -0.05) is 0 Å². The van der Waals surface area contributed by atoms with Crippen LogP contribution in [0, 0.1) is 5.41 Å². The van der Waals surface area contributed by atoms with Gasteiger partial charge in [0.05, 0.1) is 10.3 Å². The maximum atomic E-state index is 11.8. The second-order valence-electron chi connectivity index (χ2n) is 5.06. The van der Waals surface area contributed by atoms with Gasteiger partial charge in [0, 0.05) is 18.4 Å². The average Bonchev–Trinajstić information content (AvgIpc) is 3.16. The Bertz CT molecular complexity index is 644. The summed E-state index contributed by atoms with van der Waals surface area (Å²) in [5.41, 5.74) is -0.513. The van der Waals surface area contributed by atoms with Gasteiger partial charge in [0.15, 0.2) is 9.84 Å². The van der Waals surface area contributed by atoms with Gasteiger partial charge < -0.3 is 10.4 Å². The number of carbonyl (C=O) groups excluding carboxylic acids is 1. The molecule has 1 saturated carbocycles. The molecule has 0 aliphatic heterocycles. The van der Waals surface area contributed by atoms with Gasteiger partial charge in [-0.05, 0) is 37.1 Å². The van der Waals surface area contributed by atoms with E-state index in [1.807, 2.05) is 0 Å². The minimum absolute atomic E-state index is 0.0923. The van der Waals surface area contributed by atoms with Gasteiger partial charge in [-0.2, -0.15) is 0 Å². The van der Waals surface area contributed by atoms with E-state index in [1.54, 1.807) is 0 Å². The first-order valence-electron chi connectivity index (χ1n) is 6.06. The van der Waals surface area contributed by atoms with Crippen molar-refractivity contribution in [3.05, 3.63) is 29.8 Å². The van der Waals surface area contributed by atoms with Crippen LogP contribution in [0.5, 0.6) is 0 Å². The summed E-state index contributed by atoms with van der Waals surface area (Å²) in [5.74, 6) is -1.30. The smallest absolute Gasteiger partial charge is 0.311 e. The van der Waals surface area contributed by atoms with Gasteiger partial charge in [0.25, 0.3) is 5.91 Å². The molecule has 1 aliphatic rings. The molecule has 108 valence electrons. The van der Waals surface area contributed by atoms with Gasteiger partial charge in [-0.15, -0.1) is 0 Å². The molecule has 0 spiro atoms. The number of hydrogen-bond acceptors (Lipinski definition) is 4. The first-order chi connectivity index (χ1) is 9.24. The highest BCUT2D eigenvalue weighted by Gasteiger charge is 2.50. The zero-order valence-corrected chi connectivity index (χ0v) is 11.7. The lowest BCUT2D eigenvalue weighted by Crippen LogP contribution is -2.34. The van der Waals surface area contributed by atoms with Gasteiger partial charge in [0.2, 0.25) is 0 Å². The molecule has 6 nitrogen and oxygen atoms in total. The fourth-order valence-electron chi connectivity index (χ4n) is 1.82. The first-order valence-corrected chi connectivity index (χ1v) is 7.95. The van der Waals surface area contributed by atoms with Gasteiger partial charge >= 0.3 is 5.97 Å². The Kier molecular flexibility index (Phi) is 3.56. The first kappa shape index (κ1) is 14.5. The molecule has 0 heterocycles. The molecule has 0 unspecified atom stereocenters. The molecule has 1 aromatic rings. The highest BCUT2D eigenvalue weighted by molar-refractivity contribution is 7.90. The lowest BCUT2D eigenvalue weighted by atomic mass is 10.1. The van der Waals surface area contributed by atoms with E-state index in [0.29, 0.717) is 18.4 Å². The van der Waals surface area contributed by atoms with Crippen LogP contribution < -0.4 is 5.32 Å². The molecule has 2 rings (SSSR count). The van der Waals surface area contributed by atoms with Crippen LogP contribution in [-0.4, -0.2) is 38.2 Å². The van der Waals surface area contributed by atoms with Crippen LogP contribution in [-0.2, 0) is 14.6 Å². The summed E-state index contributed by atoms with van der Waals surface area (Å²) in [6.45, 7) is 0.0923. The normalized spacial score (nSPS) is 16.4. The molecule has 0 bridgehead atoms. The fourth-order valence-corrected chi connectivity index (χ4v) is 2.45. The quantitative estimate of drug-likeness (QED) is 0.832. The second-order valence-corrected chi connectivity index (χ2v) is 7.08. The fraction of sp³-hybridized carbons (Fsp3) is 0.385. The number of hydrogen-bond donors (Lipinski definition) is 2. The third kappa shape index (κ3) is 2.98. The number of carboxylic acid groups (broad SMARTS) is 1. The molecule has 1 fully saturated rings. The lowest BCUT2D eigenvalue weighted by Gasteiger charge is -2.11. The summed E-state index contributed by atoms with van der Waals surface area (Å²) in [4.78, 5) is 23.0. The number of aliphatic carboxylic acids is 1. The summed E-state index contributed by atoms with van der Waals surface area (Å²) < 4.78 is 22.6. The van der Waals surface area contributed by atoms with Crippen LogP contribution in [0.3, 0.4) is 0 Å². The Balaban J connectivity index is 2.02. The van der Waals surface area contributed by atoms with Crippen molar-refractivity contribution >= 4 is 21.7 Å². The van der Waals surface area contributed by atoms with Crippen molar-refractivity contribution in [2.45, 2.75) is 17.7 Å². The molecular formula is C13H15NO5S. The molecule has 0 aromatic heterocycles. The largest absolute Gasteiger partial charge is 0.481 e. The Morgan fingerprint density at radius 2 is 1.80 bits per heavy atom. The van der Waals surface area contributed by atoms with Crippen LogP contribution in [0.4, 0.5) is 0 Å². The number of carbonyl (C=O) groups is 2. The van der Waals surface area contributed by atoms with E-state index in [4.69, 9.17) is 5.11 Å². The monoisotopic (exact) mass is 297 g/mol. The predicted octanol–water partition coefficient (Wildman–Crippen LogP) is 0.685. The second kappa shape index (κ2) is 4.90. The number of amides is 1. The van der Waals surface area contributed by atoms with Gasteiger partial charge in [-0.25, -0.2) is 8.42 Å². The third-order valence-corrected chi connectivity index (χ3v) is 4.57. The van der Waals surface area contributed by atoms with E-state index in [1.165, 1.54) is 24.3 Å². The molecule has 0 atom stereocenters. The van der Waals surface area contributed by atoms with Crippen molar-refractivity contribution in [2.24, 2.45) is 5.41 Å². The SMILES string of the molecule is CS(=O)(=O)c1ccc(C(=O)NCC2(C(=O)O)CC2)cc1. The standard InChI is InChI=1S/C13H15NO5S/c1-20(18,19)10-4-2-9(3-5-10)11(15)14-8-13(6-7-13)12(16)17/h2-5H,6-8H2,1H3,(H,14,15)(H,16,17). The molecule has 0 saturated heterocycles. The zero-order valence-electron chi connectivity index (χ0n) is 10.9. The van der Waals surface area contributed by atoms with Crippen LogP contribution in [0.25, 0.3) is 0 Å². The predicted molar refractivity (Wildman–Crippen MR) is 71.2 cm³/mol. The van der Waals surface area contributed by atoms with Crippen molar-refractivity contribution in [1.82, 2.24) is 5.32 Å². The summed E-state index contributed by atoms with van der Waals surface area (Å²) in [6.07, 6.45) is 2.22. The molecule has 0 radical (unpaired) electrons. The van der Waals surface area contributed by atoms with E-state index >= 15 is 0 Å². The number of benzene rings is 1. The van der Waals surface area contributed by atoms with Crippen molar-refractivity contribution < 1.29 is 23.1 Å². The molecule has 2 N–H and O–H groups in total. The van der Waals surface area contributed by atoms with E-state index in [9.17, 15) is 18.0 Å². The maximum Gasteiger partial charge on any atom is 0.311 e. The number of rotatable bonds is 5. The summed E-state index contributed by atoms with van der Waals surface area (Å²) >= 11 is 0. The highest BCUT2D eigenvalue weighted by Crippen LogP contribution is 2.45. The van der Waals surface area contributed by atoms with E-state index < -0.39 is 27.1 Å². The topological polar surface area (TPSA) is 101 Å². The Labute approximate surface area is 116 Å². The van der Waals surface area contributed by atoms with Crippen molar-refractivity contribution in [3.63, 3.8) is 0 Å². The Morgan fingerprint density at radius 1 is 1.25 bits per heavy atom. The Hall–Kier alpha value is -1.89. The van der Waals surface area contributed by atoms with Crippen LogP contribution in [0.15, 0.2) is 29.2 Å². The number of nitrogens with one attached hydrogen (secondary N) is 1. The summed E-state index contributed by atoms with van der Waals surface area (Å²) in [7, 11) is -3.29. The average molecular weight is 297 g/mol. The molecule has 1 amide bonds. The van der Waals surface area contributed by atoms with E-state index in [-0.39, 0.29) is 11.4 Å². The minimum atomic E-state index is -3.29. The molecule has 7 heteroatoms. The number of sulfone groups is 1. The van der Waals surface area contributed by atoms with Crippen molar-refractivity contribution in [3.8, 4) is 0 Å². The van der Waals surface area contributed by atoms with Gasteiger partial charge in [0.1, 0.15) is 0 Å². The maximum absolute atomic E-state index is 11.8. The third-order valence-electron chi connectivity index (χ3n) is 3.44. The highest BCUT2D eigenvalue weighted by atomic mass is 32.2.